The van der Waals surface area contributed by atoms with Crippen molar-refractivity contribution >= 4 is 14.3 Å². The van der Waals surface area contributed by atoms with Crippen molar-refractivity contribution in [2.24, 2.45) is 4.99 Å². The Bertz CT molecular complexity index is 242. The van der Waals surface area contributed by atoms with Gasteiger partial charge < -0.3 is 0 Å². The highest BCUT2D eigenvalue weighted by Crippen LogP contribution is 2.20. The van der Waals surface area contributed by atoms with Gasteiger partial charge in [-0.2, -0.15) is 0 Å². The molecular weight excluding hydrogens is 246 g/mol. The van der Waals surface area contributed by atoms with Crippen LogP contribution < -0.4 is 0 Å². The van der Waals surface area contributed by atoms with Gasteiger partial charge in [0, 0.05) is 6.54 Å². The molecule has 0 unspecified atom stereocenters. The second kappa shape index (κ2) is 12.7. The molecule has 0 radical (unpaired) electrons. The van der Waals surface area contributed by atoms with E-state index < -0.39 is 8.07 Å². The van der Waals surface area contributed by atoms with Gasteiger partial charge in [0.1, 0.15) is 0 Å². The fourth-order valence-electron chi connectivity index (χ4n) is 2.52. The average Bonchev–Trinajstić information content (AvgIpc) is 2.44. The summed E-state index contributed by atoms with van der Waals surface area (Å²) >= 11 is 0. The molecule has 0 aromatic carbocycles. The molecule has 19 heavy (non-hydrogen) atoms. The van der Waals surface area contributed by atoms with E-state index in [-0.39, 0.29) is 0 Å². The van der Waals surface area contributed by atoms with E-state index in [1.54, 1.807) is 0 Å². The smallest absolute Gasteiger partial charge is 0.0820 e. The number of aliphatic imine (C=N–C) groups is 1. The van der Waals surface area contributed by atoms with E-state index in [2.05, 4.69) is 50.7 Å². The molecule has 0 rings (SSSR count). The van der Waals surface area contributed by atoms with Crippen LogP contribution in [0.15, 0.2) is 16.8 Å². The van der Waals surface area contributed by atoms with Crippen LogP contribution in [0.1, 0.15) is 66.2 Å². The topological polar surface area (TPSA) is 12.4 Å². The quantitative estimate of drug-likeness (QED) is 0.235. The van der Waals surface area contributed by atoms with E-state index in [0.29, 0.717) is 0 Å². The summed E-state index contributed by atoms with van der Waals surface area (Å²) in [4.78, 5) is 4.63. The molecule has 1 nitrogen and oxygen atoms in total. The molecule has 0 N–H and O–H groups in total. The van der Waals surface area contributed by atoms with Gasteiger partial charge in [-0.05, 0) is 25.6 Å². The Balaban J connectivity index is 3.76. The monoisotopic (exact) mass is 281 g/mol. The molecule has 0 heterocycles. The second-order valence-electron chi connectivity index (χ2n) is 5.63. The molecule has 0 saturated heterocycles. The lowest BCUT2D eigenvalue weighted by atomic mass is 10.1. The van der Waals surface area contributed by atoms with Crippen LogP contribution in [0, 0.1) is 0 Å². The van der Waals surface area contributed by atoms with E-state index in [9.17, 15) is 0 Å². The SMILES string of the molecule is CC=C[Si](CC)(CC)CC=NCCCCCCCC. The molecule has 0 atom stereocenters. The van der Waals surface area contributed by atoms with Crippen LogP contribution in [-0.2, 0) is 0 Å². The standard InChI is InChI=1S/C17H35NSi/c1-5-9-10-11-12-13-14-18-15-17-19(7-3,8-4)16-6-2/h6,15-16H,5,7-14,17H2,1-4H3. The van der Waals surface area contributed by atoms with Crippen molar-refractivity contribution in [3.05, 3.63) is 11.8 Å². The highest BCUT2D eigenvalue weighted by molar-refractivity contribution is 6.86. The summed E-state index contributed by atoms with van der Waals surface area (Å²) in [7, 11) is -1.16. The van der Waals surface area contributed by atoms with E-state index in [1.807, 2.05) is 0 Å². The maximum Gasteiger partial charge on any atom is 0.0820 e. The first kappa shape index (κ1) is 18.6. The fourth-order valence-corrected chi connectivity index (χ4v) is 5.40. The molecule has 0 bridgehead atoms. The zero-order chi connectivity index (χ0) is 14.4. The van der Waals surface area contributed by atoms with Gasteiger partial charge in [0.15, 0.2) is 0 Å². The molecule has 112 valence electrons. The summed E-state index contributed by atoms with van der Waals surface area (Å²) in [6.45, 7) is 10.2. The van der Waals surface area contributed by atoms with Gasteiger partial charge in [-0.25, -0.2) is 0 Å². The summed E-state index contributed by atoms with van der Waals surface area (Å²) in [6, 6.07) is 3.92. The molecule has 0 aliphatic heterocycles. The van der Waals surface area contributed by atoms with E-state index in [4.69, 9.17) is 0 Å². The van der Waals surface area contributed by atoms with Crippen molar-refractivity contribution < 1.29 is 0 Å². The van der Waals surface area contributed by atoms with Gasteiger partial charge in [-0.3, -0.25) is 4.99 Å². The molecule has 0 saturated carbocycles. The summed E-state index contributed by atoms with van der Waals surface area (Å²) in [5.41, 5.74) is 2.50. The Morgan fingerprint density at radius 1 is 0.895 bits per heavy atom. The van der Waals surface area contributed by atoms with Gasteiger partial charge in [0.25, 0.3) is 0 Å². The van der Waals surface area contributed by atoms with Gasteiger partial charge in [-0.1, -0.05) is 76.7 Å². The Hall–Kier alpha value is -0.373. The Morgan fingerprint density at radius 2 is 1.53 bits per heavy atom. The number of unbranched alkanes of at least 4 members (excludes halogenated alkanes) is 5. The maximum atomic E-state index is 4.63. The minimum absolute atomic E-state index is 1.04. The highest BCUT2D eigenvalue weighted by atomic mass is 28.3. The Kier molecular flexibility index (Phi) is 12.4. The van der Waals surface area contributed by atoms with Gasteiger partial charge in [-0.15, -0.1) is 0 Å². The number of hydrogen-bond acceptors (Lipinski definition) is 1. The number of allylic oxidation sites excluding steroid dienone is 1. The van der Waals surface area contributed by atoms with Crippen LogP contribution in [0.2, 0.25) is 18.1 Å². The van der Waals surface area contributed by atoms with Crippen LogP contribution in [0.5, 0.6) is 0 Å². The minimum atomic E-state index is -1.16. The predicted molar refractivity (Wildman–Crippen MR) is 93.1 cm³/mol. The summed E-state index contributed by atoms with van der Waals surface area (Å²) in [5.74, 6) is 0. The molecule has 0 aliphatic carbocycles. The first-order valence-corrected chi connectivity index (χ1v) is 11.1. The van der Waals surface area contributed by atoms with E-state index in [1.165, 1.54) is 56.7 Å². The van der Waals surface area contributed by atoms with Gasteiger partial charge in [0.2, 0.25) is 0 Å². The maximum absolute atomic E-state index is 4.63. The summed E-state index contributed by atoms with van der Waals surface area (Å²) in [6.07, 6.45) is 12.6. The van der Waals surface area contributed by atoms with Gasteiger partial charge in [0.05, 0.1) is 8.07 Å². The predicted octanol–water partition coefficient (Wildman–Crippen LogP) is 6.02. The lowest BCUT2D eigenvalue weighted by Gasteiger charge is -2.23. The van der Waals surface area contributed by atoms with Crippen molar-refractivity contribution in [1.82, 2.24) is 0 Å². The van der Waals surface area contributed by atoms with Crippen LogP contribution >= 0.6 is 0 Å². The highest BCUT2D eigenvalue weighted by Gasteiger charge is 2.23. The summed E-state index contributed by atoms with van der Waals surface area (Å²) < 4.78 is 0. The normalized spacial score (nSPS) is 12.8. The van der Waals surface area contributed by atoms with Crippen molar-refractivity contribution in [2.75, 3.05) is 6.54 Å². The molecular formula is C17H35NSi. The zero-order valence-corrected chi connectivity index (χ0v) is 14.8. The number of rotatable bonds is 12. The first-order valence-electron chi connectivity index (χ1n) is 8.36. The third kappa shape index (κ3) is 9.20. The van der Waals surface area contributed by atoms with E-state index >= 15 is 0 Å². The van der Waals surface area contributed by atoms with E-state index in [0.717, 1.165) is 6.54 Å². The zero-order valence-electron chi connectivity index (χ0n) is 13.8. The average molecular weight is 282 g/mol. The molecule has 2 heteroatoms. The molecule has 0 aromatic rings. The van der Waals surface area contributed by atoms with Crippen LogP contribution in [0.25, 0.3) is 0 Å². The Morgan fingerprint density at radius 3 is 2.11 bits per heavy atom. The van der Waals surface area contributed by atoms with Crippen LogP contribution in [-0.4, -0.2) is 20.8 Å². The lowest BCUT2D eigenvalue weighted by molar-refractivity contribution is 0.612. The molecule has 0 aliphatic rings. The Labute approximate surface area is 122 Å². The lowest BCUT2D eigenvalue weighted by Crippen LogP contribution is -2.30. The molecule has 0 aromatic heterocycles. The minimum Gasteiger partial charge on any atom is -0.298 e. The summed E-state index contributed by atoms with van der Waals surface area (Å²) in [5, 5.41) is 0. The molecule has 0 spiro atoms. The second-order valence-corrected chi connectivity index (χ2v) is 10.5. The van der Waals surface area contributed by atoms with Crippen LogP contribution in [0.3, 0.4) is 0 Å². The van der Waals surface area contributed by atoms with Gasteiger partial charge >= 0.3 is 0 Å². The van der Waals surface area contributed by atoms with Crippen LogP contribution in [0.4, 0.5) is 0 Å². The molecule has 0 amide bonds. The van der Waals surface area contributed by atoms with Crippen molar-refractivity contribution in [2.45, 2.75) is 84.4 Å². The van der Waals surface area contributed by atoms with Crippen molar-refractivity contribution in [1.29, 1.82) is 0 Å². The number of hydrogen-bond donors (Lipinski definition) is 0. The fraction of sp³-hybridized carbons (Fsp3) is 0.824. The molecule has 0 fully saturated rings. The third-order valence-electron chi connectivity index (χ3n) is 4.20. The largest absolute Gasteiger partial charge is 0.298 e. The third-order valence-corrected chi connectivity index (χ3v) is 9.05. The number of nitrogens with zero attached hydrogens (tertiary/aromatic N) is 1. The van der Waals surface area contributed by atoms with Crippen molar-refractivity contribution in [3.8, 4) is 0 Å². The van der Waals surface area contributed by atoms with Crippen molar-refractivity contribution in [3.63, 3.8) is 0 Å². The first-order chi connectivity index (χ1) is 9.24.